The Hall–Kier alpha value is -3.42. The average Bonchev–Trinajstić information content (AvgIpc) is 3.23. The summed E-state index contributed by atoms with van der Waals surface area (Å²) in [5.41, 5.74) is 3.69. The summed E-state index contributed by atoms with van der Waals surface area (Å²) >= 11 is 0. The fraction of sp³-hybridized carbons (Fsp3) is 0.300. The van der Waals surface area contributed by atoms with Crippen molar-refractivity contribution in [2.24, 2.45) is 0 Å². The number of hydrogen-bond donors (Lipinski definition) is 2. The molecular formula is C20H23N5O3. The van der Waals surface area contributed by atoms with Crippen LogP contribution in [0.2, 0.25) is 0 Å². The number of aromatic amines is 1. The molecule has 0 aliphatic carbocycles. The van der Waals surface area contributed by atoms with E-state index < -0.39 is 5.92 Å². The van der Waals surface area contributed by atoms with Crippen molar-refractivity contribution < 1.29 is 14.3 Å². The van der Waals surface area contributed by atoms with Gasteiger partial charge in [-0.3, -0.25) is 4.79 Å². The third kappa shape index (κ3) is 3.95. The zero-order chi connectivity index (χ0) is 20.1. The summed E-state index contributed by atoms with van der Waals surface area (Å²) < 4.78 is 10.9. The molecule has 0 spiro atoms. The highest BCUT2D eigenvalue weighted by molar-refractivity contribution is 5.96. The first-order chi connectivity index (χ1) is 13.5. The summed E-state index contributed by atoms with van der Waals surface area (Å²) in [6.07, 6.45) is 0.330. The van der Waals surface area contributed by atoms with Gasteiger partial charge in [0.05, 0.1) is 14.2 Å². The molecule has 0 fully saturated rings. The van der Waals surface area contributed by atoms with E-state index in [0.717, 1.165) is 22.4 Å². The quantitative estimate of drug-likeness (QED) is 0.652. The molecule has 0 aliphatic rings. The van der Waals surface area contributed by atoms with Crippen LogP contribution in [0.25, 0.3) is 0 Å². The van der Waals surface area contributed by atoms with Crippen LogP contribution < -0.4 is 14.8 Å². The maximum absolute atomic E-state index is 13.1. The molecule has 1 heterocycles. The number of ether oxygens (including phenoxy) is 2. The minimum atomic E-state index is -0.653. The SMILES string of the molecule is COc1cccc(CC(C(=O)Nc2cccc(C)c2C)c2nn[nH]n2)c1OC. The van der Waals surface area contributed by atoms with Crippen molar-refractivity contribution in [3.8, 4) is 11.5 Å². The van der Waals surface area contributed by atoms with Gasteiger partial charge in [-0.05, 0) is 49.1 Å². The van der Waals surface area contributed by atoms with Gasteiger partial charge in [0.15, 0.2) is 17.3 Å². The first-order valence-electron chi connectivity index (χ1n) is 8.85. The summed E-state index contributed by atoms with van der Waals surface area (Å²) in [4.78, 5) is 13.1. The number of nitrogens with zero attached hydrogens (tertiary/aromatic N) is 3. The Morgan fingerprint density at radius 2 is 1.93 bits per heavy atom. The number of amides is 1. The Morgan fingerprint density at radius 3 is 2.61 bits per heavy atom. The third-order valence-corrected chi connectivity index (χ3v) is 4.76. The van der Waals surface area contributed by atoms with Crippen molar-refractivity contribution in [3.63, 3.8) is 0 Å². The van der Waals surface area contributed by atoms with E-state index in [1.165, 1.54) is 0 Å². The van der Waals surface area contributed by atoms with Crippen LogP contribution in [0.15, 0.2) is 36.4 Å². The minimum Gasteiger partial charge on any atom is -0.493 e. The molecule has 0 aliphatic heterocycles. The highest BCUT2D eigenvalue weighted by atomic mass is 16.5. The summed E-state index contributed by atoms with van der Waals surface area (Å²) in [7, 11) is 3.15. The van der Waals surface area contributed by atoms with Crippen LogP contribution in [0.1, 0.15) is 28.4 Å². The Bertz CT molecular complexity index is 956. The standard InChI is InChI=1S/C20H23N5O3/c1-12-7-5-9-16(13(12)2)21-20(26)15(19-22-24-25-23-19)11-14-8-6-10-17(27-3)18(14)28-4/h5-10,15H,11H2,1-4H3,(H,21,26)(H,22,23,24,25). The van der Waals surface area contributed by atoms with Crippen LogP contribution >= 0.6 is 0 Å². The van der Waals surface area contributed by atoms with Crippen LogP contribution in [0, 0.1) is 13.8 Å². The van der Waals surface area contributed by atoms with Crippen LogP contribution in [0.5, 0.6) is 11.5 Å². The summed E-state index contributed by atoms with van der Waals surface area (Å²) in [6, 6.07) is 11.3. The molecule has 146 valence electrons. The second kappa shape index (κ2) is 8.51. The molecule has 1 atom stereocenters. The van der Waals surface area contributed by atoms with E-state index in [-0.39, 0.29) is 5.91 Å². The Balaban J connectivity index is 1.93. The molecule has 28 heavy (non-hydrogen) atoms. The predicted molar refractivity (Wildman–Crippen MR) is 105 cm³/mol. The number of rotatable bonds is 7. The van der Waals surface area contributed by atoms with Gasteiger partial charge in [-0.15, -0.1) is 10.2 Å². The minimum absolute atomic E-state index is 0.222. The predicted octanol–water partition coefficient (Wildman–Crippen LogP) is 2.80. The van der Waals surface area contributed by atoms with E-state index in [2.05, 4.69) is 25.9 Å². The molecular weight excluding hydrogens is 358 g/mol. The summed E-state index contributed by atoms with van der Waals surface area (Å²) in [5.74, 6) is 0.618. The van der Waals surface area contributed by atoms with Crippen molar-refractivity contribution in [3.05, 3.63) is 58.9 Å². The van der Waals surface area contributed by atoms with Gasteiger partial charge in [0, 0.05) is 5.69 Å². The van der Waals surface area contributed by atoms with E-state index in [0.29, 0.717) is 23.7 Å². The Labute approximate surface area is 163 Å². The Morgan fingerprint density at radius 1 is 1.14 bits per heavy atom. The number of anilines is 1. The van der Waals surface area contributed by atoms with Crippen LogP contribution in [-0.2, 0) is 11.2 Å². The zero-order valence-electron chi connectivity index (χ0n) is 16.3. The van der Waals surface area contributed by atoms with Gasteiger partial charge in [0.25, 0.3) is 0 Å². The summed E-state index contributed by atoms with van der Waals surface area (Å²) in [5, 5.41) is 17.1. The van der Waals surface area contributed by atoms with Gasteiger partial charge < -0.3 is 14.8 Å². The molecule has 2 aromatic carbocycles. The molecule has 0 saturated heterocycles. The van der Waals surface area contributed by atoms with Gasteiger partial charge in [-0.1, -0.05) is 29.5 Å². The van der Waals surface area contributed by atoms with Crippen LogP contribution in [-0.4, -0.2) is 40.8 Å². The number of tetrazole rings is 1. The molecule has 2 N–H and O–H groups in total. The van der Waals surface area contributed by atoms with Gasteiger partial charge in [0.1, 0.15) is 5.92 Å². The van der Waals surface area contributed by atoms with Crippen LogP contribution in [0.3, 0.4) is 0 Å². The maximum atomic E-state index is 13.1. The van der Waals surface area contributed by atoms with Crippen molar-refractivity contribution in [2.75, 3.05) is 19.5 Å². The number of aryl methyl sites for hydroxylation is 1. The average molecular weight is 381 g/mol. The first kappa shape index (κ1) is 19.3. The fourth-order valence-corrected chi connectivity index (χ4v) is 3.06. The molecule has 1 unspecified atom stereocenters. The third-order valence-electron chi connectivity index (χ3n) is 4.76. The highest BCUT2D eigenvalue weighted by Gasteiger charge is 2.27. The number of aromatic nitrogens is 4. The molecule has 0 saturated carbocycles. The largest absolute Gasteiger partial charge is 0.493 e. The lowest BCUT2D eigenvalue weighted by atomic mass is 9.96. The van der Waals surface area contributed by atoms with E-state index in [4.69, 9.17) is 9.47 Å². The molecule has 0 bridgehead atoms. The van der Waals surface area contributed by atoms with Crippen molar-refractivity contribution >= 4 is 11.6 Å². The molecule has 1 aromatic heterocycles. The number of hydrogen-bond acceptors (Lipinski definition) is 6. The molecule has 8 heteroatoms. The number of methoxy groups -OCH3 is 2. The molecule has 1 amide bonds. The van der Waals surface area contributed by atoms with E-state index in [1.807, 2.05) is 50.2 Å². The number of benzene rings is 2. The van der Waals surface area contributed by atoms with Gasteiger partial charge in [0.2, 0.25) is 5.91 Å². The van der Waals surface area contributed by atoms with Gasteiger partial charge in [-0.2, -0.15) is 5.21 Å². The molecule has 3 rings (SSSR count). The number of carbonyl (C=O) groups is 1. The first-order valence-corrected chi connectivity index (χ1v) is 8.85. The Kier molecular flexibility index (Phi) is 5.88. The van der Waals surface area contributed by atoms with E-state index in [9.17, 15) is 4.79 Å². The number of carbonyl (C=O) groups excluding carboxylic acids is 1. The van der Waals surface area contributed by atoms with E-state index in [1.54, 1.807) is 14.2 Å². The van der Waals surface area contributed by atoms with Gasteiger partial charge in [-0.25, -0.2) is 0 Å². The topological polar surface area (TPSA) is 102 Å². The van der Waals surface area contributed by atoms with Crippen molar-refractivity contribution in [1.82, 2.24) is 20.6 Å². The molecule has 8 nitrogen and oxygen atoms in total. The number of H-pyrrole nitrogens is 1. The smallest absolute Gasteiger partial charge is 0.235 e. The second-order valence-corrected chi connectivity index (χ2v) is 6.42. The second-order valence-electron chi connectivity index (χ2n) is 6.42. The lowest BCUT2D eigenvalue weighted by Gasteiger charge is -2.18. The number of nitrogens with one attached hydrogen (secondary N) is 2. The summed E-state index contributed by atoms with van der Waals surface area (Å²) in [6.45, 7) is 3.97. The normalized spacial score (nSPS) is 11.7. The maximum Gasteiger partial charge on any atom is 0.235 e. The molecule has 3 aromatic rings. The number of para-hydroxylation sites is 1. The van der Waals surface area contributed by atoms with E-state index >= 15 is 0 Å². The van der Waals surface area contributed by atoms with Crippen molar-refractivity contribution in [1.29, 1.82) is 0 Å². The fourth-order valence-electron chi connectivity index (χ4n) is 3.06. The van der Waals surface area contributed by atoms with Crippen molar-refractivity contribution in [2.45, 2.75) is 26.2 Å². The molecule has 0 radical (unpaired) electrons. The monoisotopic (exact) mass is 381 g/mol. The highest BCUT2D eigenvalue weighted by Crippen LogP contribution is 2.34. The lowest BCUT2D eigenvalue weighted by Crippen LogP contribution is -2.25. The van der Waals surface area contributed by atoms with Crippen LogP contribution in [0.4, 0.5) is 5.69 Å². The lowest BCUT2D eigenvalue weighted by molar-refractivity contribution is -0.117. The zero-order valence-corrected chi connectivity index (χ0v) is 16.3. The van der Waals surface area contributed by atoms with Gasteiger partial charge >= 0.3 is 0 Å².